The number of hydrogen-bond donors (Lipinski definition) is 0. The molecule has 0 aromatic heterocycles. The van der Waals surface area contributed by atoms with Crippen molar-refractivity contribution in [1.82, 2.24) is 0 Å². The topological polar surface area (TPSA) is 17.1 Å². The van der Waals surface area contributed by atoms with E-state index in [1.807, 2.05) is 12.1 Å². The third kappa shape index (κ3) is 1.21. The van der Waals surface area contributed by atoms with Gasteiger partial charge in [-0.15, -0.1) is 0 Å². The highest BCUT2D eigenvalue weighted by Gasteiger charge is 2.49. The zero-order valence-electron chi connectivity index (χ0n) is 11.3. The molecule has 3 aliphatic rings. The SMILES string of the molecule is O=Cc1ccc2c3c(ccc2c1)C1C2C=CC(C2)C1C3. The molecule has 1 nitrogen and oxygen atoms in total. The summed E-state index contributed by atoms with van der Waals surface area (Å²) in [4.78, 5) is 10.9. The summed E-state index contributed by atoms with van der Waals surface area (Å²) in [6, 6.07) is 10.7. The lowest BCUT2D eigenvalue weighted by atomic mass is 9.83. The third-order valence-corrected chi connectivity index (χ3v) is 5.75. The Morgan fingerprint density at radius 1 is 1.05 bits per heavy atom. The number of rotatable bonds is 1. The van der Waals surface area contributed by atoms with E-state index >= 15 is 0 Å². The van der Waals surface area contributed by atoms with Gasteiger partial charge in [0.05, 0.1) is 0 Å². The molecule has 0 radical (unpaired) electrons. The van der Waals surface area contributed by atoms with Crippen LogP contribution in [-0.2, 0) is 6.42 Å². The fourth-order valence-electron chi connectivity index (χ4n) is 4.94. The lowest BCUT2D eigenvalue weighted by Crippen LogP contribution is -2.12. The zero-order chi connectivity index (χ0) is 13.3. The van der Waals surface area contributed by atoms with Gasteiger partial charge in [0.15, 0.2) is 0 Å². The van der Waals surface area contributed by atoms with Crippen molar-refractivity contribution < 1.29 is 4.79 Å². The summed E-state index contributed by atoms with van der Waals surface area (Å²) in [5.41, 5.74) is 3.91. The first-order chi connectivity index (χ1) is 9.85. The van der Waals surface area contributed by atoms with Crippen LogP contribution in [0.1, 0.15) is 33.8 Å². The molecule has 0 heterocycles. The van der Waals surface area contributed by atoms with Crippen molar-refractivity contribution >= 4 is 17.1 Å². The Labute approximate surface area is 118 Å². The summed E-state index contributed by atoms with van der Waals surface area (Å²) in [6.45, 7) is 0. The first kappa shape index (κ1) is 10.8. The van der Waals surface area contributed by atoms with E-state index in [1.54, 1.807) is 11.1 Å². The van der Waals surface area contributed by atoms with E-state index in [4.69, 9.17) is 0 Å². The molecule has 5 rings (SSSR count). The van der Waals surface area contributed by atoms with Crippen LogP contribution in [0.5, 0.6) is 0 Å². The van der Waals surface area contributed by atoms with Crippen LogP contribution in [0, 0.1) is 17.8 Å². The molecule has 2 aromatic carbocycles. The average Bonchev–Trinajstić information content (AvgIpc) is 3.17. The number of allylic oxidation sites excluding steroid dienone is 2. The summed E-state index contributed by atoms with van der Waals surface area (Å²) in [5, 5.41) is 2.58. The van der Waals surface area contributed by atoms with Crippen molar-refractivity contribution in [2.24, 2.45) is 17.8 Å². The van der Waals surface area contributed by atoms with Crippen LogP contribution in [0.2, 0.25) is 0 Å². The fraction of sp³-hybridized carbons (Fsp3) is 0.316. The van der Waals surface area contributed by atoms with Crippen LogP contribution in [0.25, 0.3) is 10.8 Å². The summed E-state index contributed by atoms with van der Waals surface area (Å²) in [5.74, 6) is 3.17. The van der Waals surface area contributed by atoms with Gasteiger partial charge in [-0.2, -0.15) is 0 Å². The Morgan fingerprint density at radius 2 is 1.95 bits per heavy atom. The quantitative estimate of drug-likeness (QED) is 0.557. The molecule has 4 unspecified atom stereocenters. The van der Waals surface area contributed by atoms with Gasteiger partial charge in [0, 0.05) is 5.56 Å². The van der Waals surface area contributed by atoms with Gasteiger partial charge >= 0.3 is 0 Å². The standard InChI is InChI=1S/C19H16O/c20-10-11-1-5-15-12(7-11)4-6-16-18(15)9-17-13-2-3-14(8-13)19(16)17/h1-7,10,13-14,17,19H,8-9H2. The van der Waals surface area contributed by atoms with Crippen molar-refractivity contribution in [2.75, 3.05) is 0 Å². The van der Waals surface area contributed by atoms with Gasteiger partial charge in [0.25, 0.3) is 0 Å². The fourth-order valence-corrected chi connectivity index (χ4v) is 4.94. The summed E-state index contributed by atoms with van der Waals surface area (Å²) in [7, 11) is 0. The lowest BCUT2D eigenvalue weighted by Gasteiger charge is -2.20. The van der Waals surface area contributed by atoms with Crippen molar-refractivity contribution in [2.45, 2.75) is 18.8 Å². The minimum Gasteiger partial charge on any atom is -0.298 e. The number of hydrogen-bond acceptors (Lipinski definition) is 1. The van der Waals surface area contributed by atoms with Gasteiger partial charge in [-0.05, 0) is 64.5 Å². The molecule has 0 saturated heterocycles. The van der Waals surface area contributed by atoms with Gasteiger partial charge < -0.3 is 0 Å². The van der Waals surface area contributed by atoms with Gasteiger partial charge in [-0.3, -0.25) is 4.79 Å². The van der Waals surface area contributed by atoms with Crippen LogP contribution < -0.4 is 0 Å². The second-order valence-corrected chi connectivity index (χ2v) is 6.57. The number of fused-ring (bicyclic) bond motifs is 9. The maximum atomic E-state index is 10.9. The zero-order valence-corrected chi connectivity index (χ0v) is 11.3. The molecule has 98 valence electrons. The maximum absolute atomic E-state index is 10.9. The van der Waals surface area contributed by atoms with Gasteiger partial charge in [0.1, 0.15) is 6.29 Å². The van der Waals surface area contributed by atoms with E-state index < -0.39 is 0 Å². The van der Waals surface area contributed by atoms with Crippen molar-refractivity contribution in [3.63, 3.8) is 0 Å². The monoisotopic (exact) mass is 260 g/mol. The summed E-state index contributed by atoms with van der Waals surface area (Å²) >= 11 is 0. The van der Waals surface area contributed by atoms with E-state index in [0.29, 0.717) is 0 Å². The highest BCUT2D eigenvalue weighted by atomic mass is 16.1. The largest absolute Gasteiger partial charge is 0.298 e. The van der Waals surface area contributed by atoms with E-state index in [2.05, 4.69) is 30.4 Å². The second-order valence-electron chi connectivity index (χ2n) is 6.57. The van der Waals surface area contributed by atoms with Crippen LogP contribution >= 0.6 is 0 Å². The summed E-state index contributed by atoms with van der Waals surface area (Å²) in [6.07, 6.45) is 8.43. The predicted molar refractivity (Wildman–Crippen MR) is 80.0 cm³/mol. The maximum Gasteiger partial charge on any atom is 0.150 e. The van der Waals surface area contributed by atoms with E-state index in [-0.39, 0.29) is 0 Å². The molecular formula is C19H16O. The molecule has 0 spiro atoms. The molecule has 4 atom stereocenters. The van der Waals surface area contributed by atoms with E-state index in [0.717, 1.165) is 35.5 Å². The van der Waals surface area contributed by atoms with Crippen molar-refractivity contribution in [3.05, 3.63) is 59.2 Å². The van der Waals surface area contributed by atoms with Gasteiger partial charge in [-0.25, -0.2) is 0 Å². The molecule has 0 N–H and O–H groups in total. The van der Waals surface area contributed by atoms with Crippen LogP contribution in [-0.4, -0.2) is 6.29 Å². The molecule has 20 heavy (non-hydrogen) atoms. The van der Waals surface area contributed by atoms with Crippen molar-refractivity contribution in [1.29, 1.82) is 0 Å². The smallest absolute Gasteiger partial charge is 0.150 e. The molecular weight excluding hydrogens is 244 g/mol. The minimum absolute atomic E-state index is 0.759. The molecule has 0 amide bonds. The number of carbonyl (C=O) groups is 1. The number of aldehydes is 1. The second kappa shape index (κ2) is 3.60. The Kier molecular flexibility index (Phi) is 1.95. The highest BCUT2D eigenvalue weighted by Crippen LogP contribution is 2.59. The Hall–Kier alpha value is -1.89. The highest BCUT2D eigenvalue weighted by molar-refractivity contribution is 5.92. The molecule has 3 aliphatic carbocycles. The first-order valence-corrected chi connectivity index (χ1v) is 7.54. The Morgan fingerprint density at radius 3 is 2.85 bits per heavy atom. The summed E-state index contributed by atoms with van der Waals surface area (Å²) < 4.78 is 0. The minimum atomic E-state index is 0.759. The molecule has 0 aliphatic heterocycles. The van der Waals surface area contributed by atoms with E-state index in [9.17, 15) is 4.79 Å². The van der Waals surface area contributed by atoms with Crippen molar-refractivity contribution in [3.8, 4) is 0 Å². The Bertz CT molecular complexity index is 771. The average molecular weight is 260 g/mol. The molecule has 1 fully saturated rings. The van der Waals surface area contributed by atoms with Gasteiger partial charge in [-0.1, -0.05) is 36.4 Å². The third-order valence-electron chi connectivity index (χ3n) is 5.75. The van der Waals surface area contributed by atoms with Crippen LogP contribution in [0.15, 0.2) is 42.5 Å². The first-order valence-electron chi connectivity index (χ1n) is 7.54. The predicted octanol–water partition coefficient (Wildman–Crippen LogP) is 4.11. The molecule has 1 saturated carbocycles. The molecule has 2 bridgehead atoms. The number of carbonyl (C=O) groups excluding carboxylic acids is 1. The molecule has 1 heteroatoms. The lowest BCUT2D eigenvalue weighted by molar-refractivity contribution is 0.112. The van der Waals surface area contributed by atoms with Crippen LogP contribution in [0.4, 0.5) is 0 Å². The van der Waals surface area contributed by atoms with E-state index in [1.165, 1.54) is 23.6 Å². The van der Waals surface area contributed by atoms with Crippen LogP contribution in [0.3, 0.4) is 0 Å². The van der Waals surface area contributed by atoms with Gasteiger partial charge in [0.2, 0.25) is 0 Å². The molecule has 2 aromatic rings. The number of benzene rings is 2. The normalized spacial score (nSPS) is 32.6. The Balaban J connectivity index is 1.73.